The molecule has 0 bridgehead atoms. The second-order valence-corrected chi connectivity index (χ2v) is 5.50. The summed E-state index contributed by atoms with van der Waals surface area (Å²) in [6.07, 6.45) is 2.27. The van der Waals surface area contributed by atoms with E-state index in [0.717, 1.165) is 16.7 Å². The molecule has 1 aromatic carbocycles. The molecule has 0 spiro atoms. The Bertz CT molecular complexity index is 640. The van der Waals surface area contributed by atoms with Crippen molar-refractivity contribution in [1.82, 2.24) is 14.2 Å². The summed E-state index contributed by atoms with van der Waals surface area (Å²) < 4.78 is 30.3. The molecule has 0 atom stereocenters. The molecule has 0 fully saturated rings. The molecule has 0 N–H and O–H groups in total. The van der Waals surface area contributed by atoms with Crippen molar-refractivity contribution in [2.24, 2.45) is 0 Å². The lowest BCUT2D eigenvalue weighted by atomic mass is 10.3. The fourth-order valence-corrected chi connectivity index (χ4v) is 2.57. The van der Waals surface area contributed by atoms with E-state index < -0.39 is 10.0 Å². The van der Waals surface area contributed by atoms with E-state index in [-0.39, 0.29) is 4.90 Å². The molecule has 6 nitrogen and oxygen atoms in total. The molecule has 2 aromatic rings. The van der Waals surface area contributed by atoms with Crippen molar-refractivity contribution in [2.45, 2.75) is 11.8 Å². The van der Waals surface area contributed by atoms with Crippen LogP contribution < -0.4 is 4.74 Å². The van der Waals surface area contributed by atoms with Gasteiger partial charge in [-0.2, -0.15) is 8.42 Å². The Labute approximate surface area is 109 Å². The van der Waals surface area contributed by atoms with Crippen LogP contribution in [-0.4, -0.2) is 29.2 Å². The molecule has 18 heavy (non-hydrogen) atoms. The first-order valence-electron chi connectivity index (χ1n) is 5.08. The maximum atomic E-state index is 12.1. The smallest absolute Gasteiger partial charge is 0.284 e. The van der Waals surface area contributed by atoms with Gasteiger partial charge in [-0.05, 0) is 19.1 Å². The summed E-state index contributed by atoms with van der Waals surface area (Å²) in [5, 5.41) is 3.96. The number of aromatic nitrogens is 3. The predicted octanol–water partition coefficient (Wildman–Crippen LogP) is 1.57. The largest absolute Gasteiger partial charge is 0.492 e. The molecular formula is C10H10ClN3O3S. The van der Waals surface area contributed by atoms with Crippen molar-refractivity contribution in [3.63, 3.8) is 0 Å². The molecule has 0 aliphatic rings. The first-order valence-corrected chi connectivity index (χ1v) is 6.90. The van der Waals surface area contributed by atoms with Gasteiger partial charge in [0.15, 0.2) is 0 Å². The van der Waals surface area contributed by atoms with Gasteiger partial charge >= 0.3 is 0 Å². The van der Waals surface area contributed by atoms with Crippen LogP contribution >= 0.6 is 11.6 Å². The molecule has 0 aliphatic carbocycles. The van der Waals surface area contributed by atoms with Crippen molar-refractivity contribution < 1.29 is 13.2 Å². The Morgan fingerprint density at radius 3 is 2.83 bits per heavy atom. The van der Waals surface area contributed by atoms with E-state index in [2.05, 4.69) is 10.1 Å². The van der Waals surface area contributed by atoms with Crippen LogP contribution in [0.4, 0.5) is 0 Å². The average molecular weight is 288 g/mol. The van der Waals surface area contributed by atoms with Gasteiger partial charge in [-0.3, -0.25) is 0 Å². The summed E-state index contributed by atoms with van der Waals surface area (Å²) in [5.41, 5.74) is 0. The first-order chi connectivity index (χ1) is 8.55. The van der Waals surface area contributed by atoms with Gasteiger partial charge in [0.05, 0.1) is 16.5 Å². The van der Waals surface area contributed by atoms with E-state index in [1.807, 2.05) is 0 Å². The quantitative estimate of drug-likeness (QED) is 0.853. The van der Waals surface area contributed by atoms with E-state index in [1.165, 1.54) is 18.2 Å². The molecule has 8 heteroatoms. The zero-order chi connectivity index (χ0) is 13.2. The predicted molar refractivity (Wildman–Crippen MR) is 65.2 cm³/mol. The summed E-state index contributed by atoms with van der Waals surface area (Å²) in [5.74, 6) is 0.320. The fraction of sp³-hybridized carbons (Fsp3) is 0.200. The van der Waals surface area contributed by atoms with Crippen LogP contribution in [0.1, 0.15) is 6.92 Å². The Kier molecular flexibility index (Phi) is 3.53. The minimum absolute atomic E-state index is 0.0425. The van der Waals surface area contributed by atoms with Gasteiger partial charge in [0.2, 0.25) is 0 Å². The standard InChI is InChI=1S/C10H10ClN3O3S/c1-2-17-10-5-8(3-4-9(10)11)18(15,16)14-7-12-6-13-14/h3-7H,2H2,1H3. The third kappa shape index (κ3) is 2.32. The van der Waals surface area contributed by atoms with Crippen LogP contribution in [0.25, 0.3) is 0 Å². The molecule has 0 saturated heterocycles. The monoisotopic (exact) mass is 287 g/mol. The minimum atomic E-state index is -3.75. The molecule has 0 radical (unpaired) electrons. The van der Waals surface area contributed by atoms with Gasteiger partial charge in [0.1, 0.15) is 18.4 Å². The molecule has 1 heterocycles. The summed E-state index contributed by atoms with van der Waals surface area (Å²) in [6.45, 7) is 2.18. The third-order valence-electron chi connectivity index (χ3n) is 2.14. The van der Waals surface area contributed by atoms with Gasteiger partial charge < -0.3 is 4.74 Å². The molecule has 96 valence electrons. The van der Waals surface area contributed by atoms with Gasteiger partial charge in [0, 0.05) is 6.07 Å². The van der Waals surface area contributed by atoms with Gasteiger partial charge in [-0.1, -0.05) is 11.6 Å². The normalized spacial score (nSPS) is 11.4. The van der Waals surface area contributed by atoms with Gasteiger partial charge in [-0.15, -0.1) is 9.19 Å². The number of ether oxygens (including phenoxy) is 1. The van der Waals surface area contributed by atoms with Crippen molar-refractivity contribution in [2.75, 3.05) is 6.61 Å². The second-order valence-electron chi connectivity index (χ2n) is 3.30. The van der Waals surface area contributed by atoms with E-state index in [9.17, 15) is 8.42 Å². The number of rotatable bonds is 4. The minimum Gasteiger partial charge on any atom is -0.492 e. The zero-order valence-corrected chi connectivity index (χ0v) is 11.0. The molecule has 0 saturated carbocycles. The Balaban J connectivity index is 2.49. The molecule has 1 aromatic heterocycles. The van der Waals surface area contributed by atoms with Crippen molar-refractivity contribution in [3.05, 3.63) is 35.9 Å². The van der Waals surface area contributed by atoms with Crippen molar-refractivity contribution in [3.8, 4) is 5.75 Å². The maximum absolute atomic E-state index is 12.1. The van der Waals surface area contributed by atoms with E-state index in [0.29, 0.717) is 17.4 Å². The Morgan fingerprint density at radius 1 is 1.44 bits per heavy atom. The highest BCUT2D eigenvalue weighted by Gasteiger charge is 2.19. The lowest BCUT2D eigenvalue weighted by Gasteiger charge is -2.08. The lowest BCUT2D eigenvalue weighted by Crippen LogP contribution is -2.13. The number of halogens is 1. The molecular weight excluding hydrogens is 278 g/mol. The van der Waals surface area contributed by atoms with Crippen LogP contribution in [0.3, 0.4) is 0 Å². The highest BCUT2D eigenvalue weighted by atomic mass is 35.5. The lowest BCUT2D eigenvalue weighted by molar-refractivity contribution is 0.339. The van der Waals surface area contributed by atoms with E-state index >= 15 is 0 Å². The van der Waals surface area contributed by atoms with E-state index in [1.54, 1.807) is 6.92 Å². The molecule has 0 unspecified atom stereocenters. The van der Waals surface area contributed by atoms with Crippen molar-refractivity contribution in [1.29, 1.82) is 0 Å². The SMILES string of the molecule is CCOc1cc(S(=O)(=O)n2cncn2)ccc1Cl. The summed E-state index contributed by atoms with van der Waals surface area (Å²) in [4.78, 5) is 3.65. The van der Waals surface area contributed by atoms with Crippen LogP contribution in [-0.2, 0) is 10.0 Å². The van der Waals surface area contributed by atoms with Crippen LogP contribution in [0, 0.1) is 0 Å². The highest BCUT2D eigenvalue weighted by Crippen LogP contribution is 2.28. The molecule has 0 amide bonds. The topological polar surface area (TPSA) is 74.1 Å². The molecule has 2 rings (SSSR count). The van der Waals surface area contributed by atoms with Crippen molar-refractivity contribution >= 4 is 21.6 Å². The van der Waals surface area contributed by atoms with Crippen LogP contribution in [0.5, 0.6) is 5.75 Å². The molecule has 0 aliphatic heterocycles. The number of hydrogen-bond acceptors (Lipinski definition) is 5. The zero-order valence-electron chi connectivity index (χ0n) is 9.45. The van der Waals surface area contributed by atoms with Crippen LogP contribution in [0.2, 0.25) is 5.02 Å². The van der Waals surface area contributed by atoms with E-state index in [4.69, 9.17) is 16.3 Å². The average Bonchev–Trinajstić information content (AvgIpc) is 2.86. The summed E-state index contributed by atoms with van der Waals surface area (Å²) in [7, 11) is -3.75. The summed E-state index contributed by atoms with van der Waals surface area (Å²) >= 11 is 5.90. The van der Waals surface area contributed by atoms with Gasteiger partial charge in [-0.25, -0.2) is 4.98 Å². The Hall–Kier alpha value is -1.60. The maximum Gasteiger partial charge on any atom is 0.284 e. The van der Waals surface area contributed by atoms with Gasteiger partial charge in [0.25, 0.3) is 10.0 Å². The highest BCUT2D eigenvalue weighted by molar-refractivity contribution is 7.89. The van der Waals surface area contributed by atoms with Crippen LogP contribution in [0.15, 0.2) is 35.7 Å². The third-order valence-corrected chi connectivity index (χ3v) is 3.99. The number of nitrogens with zero attached hydrogens (tertiary/aromatic N) is 3. The Morgan fingerprint density at radius 2 is 2.22 bits per heavy atom. The summed E-state index contributed by atoms with van der Waals surface area (Å²) in [6, 6.07) is 4.22. The first kappa shape index (κ1) is 12.8. The number of benzene rings is 1. The fourth-order valence-electron chi connectivity index (χ4n) is 1.34. The second kappa shape index (κ2) is 4.95. The number of hydrogen-bond donors (Lipinski definition) is 0.